The summed E-state index contributed by atoms with van der Waals surface area (Å²) in [6.45, 7) is 18.5. The summed E-state index contributed by atoms with van der Waals surface area (Å²) in [5.41, 5.74) is 6.00. The standard InChI is InChI=1S/C29H35NO5.C17H14INO.C16H30O4.C4F6O2/c1-20-26(19-33-17-21-8-7-9-22(16-21)18-34-29(2,3)28(31)32)30-27(35-20)25-14-12-24(13-15-25)23-10-5-4-6-11-23;1-12-16(11-18)19-17(20-12)15-9-7-14(8-10-15)13-5-3-2-4-6-13;1-15(2,3)20-14(18)16(4,5)19-11-13-8-6-7-12(9-13)10-17;5-3(6,7)1(11)2(12)4(8,9)10/h4-6,10-15,21-22H,7-9,16-19H2,1-3H3,(H,31,32);2-10H,11H2,1H3;12-13,17H,6-11H2,1-5H3;. The van der Waals surface area contributed by atoms with Gasteiger partial charge in [0.1, 0.15) is 22.8 Å². The van der Waals surface area contributed by atoms with Crippen LogP contribution in [0.2, 0.25) is 0 Å². The number of alkyl halides is 7. The number of benzene rings is 4. The Morgan fingerprint density at radius 3 is 1.30 bits per heavy atom. The Balaban J connectivity index is 0.000000228. The zero-order chi connectivity index (χ0) is 64.3. The Bertz CT molecular complexity index is 3100. The molecule has 4 atom stereocenters. The second kappa shape index (κ2) is 32.3. The van der Waals surface area contributed by atoms with Crippen LogP contribution in [0.25, 0.3) is 45.2 Å². The van der Waals surface area contributed by atoms with Crippen molar-refractivity contribution in [2.24, 2.45) is 23.7 Å². The summed E-state index contributed by atoms with van der Waals surface area (Å²) in [5, 5.41) is 18.5. The first-order chi connectivity index (χ1) is 40.8. The lowest BCUT2D eigenvalue weighted by Crippen LogP contribution is -2.42. The molecular weight excluding hydrogens is 1250 g/mol. The van der Waals surface area contributed by atoms with Crippen LogP contribution in [0.15, 0.2) is 118 Å². The lowest BCUT2D eigenvalue weighted by molar-refractivity contribution is -0.193. The average molecular weight is 1330 g/mol. The van der Waals surface area contributed by atoms with Gasteiger partial charge in [0.15, 0.2) is 11.2 Å². The summed E-state index contributed by atoms with van der Waals surface area (Å²) in [5.74, 6) is -3.43. The molecule has 87 heavy (non-hydrogen) atoms. The molecule has 4 aromatic carbocycles. The molecule has 2 heterocycles. The first kappa shape index (κ1) is 71.5. The number of aliphatic carboxylic acids is 1. The smallest absolute Gasteiger partial charge is 0.458 e. The molecule has 2 aliphatic carbocycles. The number of aryl methyl sites for hydroxylation is 2. The molecule has 6 aromatic rings. The van der Waals surface area contributed by atoms with Crippen molar-refractivity contribution in [3.8, 4) is 45.2 Å². The number of aliphatic hydroxyl groups excluding tert-OH is 1. The van der Waals surface area contributed by atoms with Crippen LogP contribution in [-0.4, -0.2) is 99.3 Å². The number of aliphatic hydroxyl groups is 1. The number of aromatic nitrogens is 2. The van der Waals surface area contributed by atoms with Crippen LogP contribution in [0, 0.1) is 37.5 Å². The number of hydrogen-bond donors (Lipinski definition) is 2. The van der Waals surface area contributed by atoms with Crippen molar-refractivity contribution in [2.45, 2.75) is 154 Å². The summed E-state index contributed by atoms with van der Waals surface area (Å²) >= 11 is 2.30. The minimum Gasteiger partial charge on any atom is -0.479 e. The molecule has 2 N–H and O–H groups in total. The van der Waals surface area contributed by atoms with E-state index in [4.69, 9.17) is 27.8 Å². The molecule has 2 aliphatic rings. The maximum absolute atomic E-state index is 12.1. The third-order valence-electron chi connectivity index (χ3n) is 14.5. The molecule has 21 heteroatoms. The molecule has 8 rings (SSSR count). The van der Waals surface area contributed by atoms with E-state index in [9.17, 15) is 55.7 Å². The van der Waals surface area contributed by atoms with Gasteiger partial charge in [-0.25, -0.2) is 19.6 Å². The van der Waals surface area contributed by atoms with Gasteiger partial charge in [-0.3, -0.25) is 9.59 Å². The van der Waals surface area contributed by atoms with Crippen LogP contribution < -0.4 is 0 Å². The third kappa shape index (κ3) is 23.0. The van der Waals surface area contributed by atoms with E-state index in [-0.39, 0.29) is 12.6 Å². The van der Waals surface area contributed by atoms with Gasteiger partial charge in [-0.05, 0) is 171 Å². The van der Waals surface area contributed by atoms with Gasteiger partial charge in [0.05, 0.1) is 25.5 Å². The number of carbonyl (C=O) groups excluding carboxylic acids is 3. The van der Waals surface area contributed by atoms with Crippen LogP contribution in [0.5, 0.6) is 0 Å². The number of hydrogen-bond acceptors (Lipinski definition) is 13. The largest absolute Gasteiger partial charge is 0.479 e. The van der Waals surface area contributed by atoms with Crippen LogP contribution in [0.3, 0.4) is 0 Å². The molecule has 0 aliphatic heterocycles. The quantitative estimate of drug-likeness (QED) is 0.0255. The fraction of sp³-hybridized carbons (Fsp3) is 0.485. The highest BCUT2D eigenvalue weighted by Gasteiger charge is 2.54. The Labute approximate surface area is 518 Å². The van der Waals surface area contributed by atoms with Crippen LogP contribution in [-0.2, 0) is 49.2 Å². The van der Waals surface area contributed by atoms with Crippen molar-refractivity contribution in [3.63, 3.8) is 0 Å². The molecule has 0 spiro atoms. The van der Waals surface area contributed by atoms with Gasteiger partial charge < -0.3 is 38.0 Å². The molecule has 0 bridgehead atoms. The highest BCUT2D eigenvalue weighted by molar-refractivity contribution is 14.1. The summed E-state index contributed by atoms with van der Waals surface area (Å²) in [4.78, 5) is 51.8. The van der Waals surface area contributed by atoms with Crippen LogP contribution in [0.1, 0.15) is 123 Å². The highest BCUT2D eigenvalue weighted by Crippen LogP contribution is 2.34. The van der Waals surface area contributed by atoms with E-state index in [0.717, 1.165) is 95.4 Å². The molecule has 0 radical (unpaired) electrons. The second-order valence-electron chi connectivity index (χ2n) is 23.7. The van der Waals surface area contributed by atoms with E-state index in [2.05, 4.69) is 93.2 Å². The monoisotopic (exact) mass is 1330 g/mol. The number of carboxylic acids is 1. The van der Waals surface area contributed by atoms with Crippen molar-refractivity contribution >= 4 is 46.1 Å². The van der Waals surface area contributed by atoms with Gasteiger partial charge in [0.25, 0.3) is 0 Å². The van der Waals surface area contributed by atoms with Crippen molar-refractivity contribution in [3.05, 3.63) is 132 Å². The van der Waals surface area contributed by atoms with Crippen molar-refractivity contribution in [1.29, 1.82) is 0 Å². The van der Waals surface area contributed by atoms with Crippen molar-refractivity contribution in [1.82, 2.24) is 9.97 Å². The lowest BCUT2D eigenvalue weighted by atomic mass is 9.82. The van der Waals surface area contributed by atoms with Crippen molar-refractivity contribution in [2.75, 3.05) is 26.4 Å². The SMILES string of the molecule is CC(C)(C)OC(=O)C(C)(C)OCC1CCCC(CO)C1.Cc1oc(-c2ccc(-c3ccccc3)cc2)nc1CI.Cc1oc(-c2ccc(-c3ccccc3)cc2)nc1COCC1CCCC(COC(C)(C)C(=O)O)C1.O=C(C(=O)C(F)(F)F)C(F)(F)F. The summed E-state index contributed by atoms with van der Waals surface area (Å²) in [6, 6.07) is 37.2. The number of esters is 1. The first-order valence-electron chi connectivity index (χ1n) is 28.8. The van der Waals surface area contributed by atoms with Gasteiger partial charge in [0, 0.05) is 28.8 Å². The highest BCUT2D eigenvalue weighted by atomic mass is 127. The van der Waals surface area contributed by atoms with Gasteiger partial charge in [-0.15, -0.1) is 0 Å². The average Bonchev–Trinajstić information content (AvgIpc) is 3.99. The van der Waals surface area contributed by atoms with Crippen LogP contribution in [0.4, 0.5) is 26.3 Å². The molecule has 2 saturated carbocycles. The number of ketones is 2. The van der Waals surface area contributed by atoms with Gasteiger partial charge in [-0.1, -0.05) is 120 Å². The number of oxazole rings is 2. The summed E-state index contributed by atoms with van der Waals surface area (Å²) < 4.78 is 102. The second-order valence-corrected chi connectivity index (χ2v) is 24.4. The molecule has 2 aromatic heterocycles. The number of rotatable bonds is 19. The van der Waals surface area contributed by atoms with E-state index in [1.807, 2.05) is 83.1 Å². The van der Waals surface area contributed by atoms with Crippen LogP contribution >= 0.6 is 22.6 Å². The zero-order valence-corrected chi connectivity index (χ0v) is 52.8. The van der Waals surface area contributed by atoms with Crippen molar-refractivity contribution < 1.29 is 83.5 Å². The molecule has 4 unspecified atom stereocenters. The minimum absolute atomic E-state index is 0.256. The third-order valence-corrected chi connectivity index (χ3v) is 15.2. The fourth-order valence-corrected chi connectivity index (χ4v) is 10.1. The number of ether oxygens (including phenoxy) is 4. The fourth-order valence-electron chi connectivity index (χ4n) is 9.41. The van der Waals surface area contributed by atoms with Gasteiger partial charge in [-0.2, -0.15) is 26.3 Å². The topological polar surface area (TPSA) is 198 Å². The number of carbonyl (C=O) groups is 4. The summed E-state index contributed by atoms with van der Waals surface area (Å²) in [7, 11) is 0. The number of halogens is 7. The maximum Gasteiger partial charge on any atom is 0.458 e. The predicted molar refractivity (Wildman–Crippen MR) is 325 cm³/mol. The lowest BCUT2D eigenvalue weighted by Gasteiger charge is -2.32. The predicted octanol–water partition coefficient (Wildman–Crippen LogP) is 15.9. The molecule has 0 saturated heterocycles. The molecular formula is C66H79F6IN2O12. The van der Waals surface area contributed by atoms with E-state index >= 15 is 0 Å². The molecule has 474 valence electrons. The normalized spacial score (nSPS) is 17.3. The Hall–Kier alpha value is -6.27. The Morgan fingerprint density at radius 1 is 0.540 bits per heavy atom. The minimum atomic E-state index is -5.77. The maximum atomic E-state index is 12.1. The van der Waals surface area contributed by atoms with E-state index < -0.39 is 46.7 Å². The van der Waals surface area contributed by atoms with E-state index in [1.54, 1.807) is 27.7 Å². The number of Topliss-reactive ketones (excluding diaryl/α,β-unsaturated/α-hetero) is 2. The van der Waals surface area contributed by atoms with Gasteiger partial charge >= 0.3 is 35.9 Å². The Kier molecular flexibility index (Phi) is 26.5. The first-order valence-corrected chi connectivity index (χ1v) is 30.3. The zero-order valence-electron chi connectivity index (χ0n) is 50.6. The molecule has 14 nitrogen and oxygen atoms in total. The summed E-state index contributed by atoms with van der Waals surface area (Å²) in [6.07, 6.45) is -2.92. The van der Waals surface area contributed by atoms with E-state index in [0.29, 0.717) is 61.9 Å². The molecule has 0 amide bonds. The molecule has 2 fully saturated rings. The number of nitrogens with zero attached hydrogens (tertiary/aromatic N) is 2. The number of carboxylic acid groups (broad SMARTS) is 1. The Morgan fingerprint density at radius 2 is 0.908 bits per heavy atom. The van der Waals surface area contributed by atoms with E-state index in [1.165, 1.54) is 16.7 Å². The van der Waals surface area contributed by atoms with Gasteiger partial charge in [0.2, 0.25) is 11.8 Å².